The first-order valence-corrected chi connectivity index (χ1v) is 4.25. The number of nitrogens with zero attached hydrogens (tertiary/aromatic N) is 1. The topological polar surface area (TPSA) is 3.88 Å². The van der Waals surface area contributed by atoms with Gasteiger partial charge in [-0.15, -0.1) is 0 Å². The van der Waals surface area contributed by atoms with Crippen molar-refractivity contribution >= 4 is 0 Å². The minimum absolute atomic E-state index is 1.02. The van der Waals surface area contributed by atoms with Crippen molar-refractivity contribution in [3.8, 4) is 5.69 Å². The lowest BCUT2D eigenvalue weighted by molar-refractivity contribution is -0.596. The van der Waals surface area contributed by atoms with Gasteiger partial charge in [0.1, 0.15) is 0 Å². The lowest BCUT2D eigenvalue weighted by atomic mass is 10.3. The van der Waals surface area contributed by atoms with E-state index in [2.05, 4.69) is 23.6 Å². The van der Waals surface area contributed by atoms with Gasteiger partial charge in [0.05, 0.1) is 0 Å². The van der Waals surface area contributed by atoms with E-state index in [1.807, 2.05) is 42.7 Å². The Kier molecular flexibility index (Phi) is 2.09. The number of hydrogen-bond acceptors (Lipinski definition) is 0. The summed E-state index contributed by atoms with van der Waals surface area (Å²) >= 11 is 0. The summed E-state index contributed by atoms with van der Waals surface area (Å²) in [6.45, 7) is 3.89. The molecule has 1 heteroatoms. The molecule has 0 saturated carbocycles. The normalized spacial score (nSPS) is 9.92. The summed E-state index contributed by atoms with van der Waals surface area (Å²) in [5.74, 6) is 0. The first-order chi connectivity index (χ1) is 6.36. The van der Waals surface area contributed by atoms with E-state index >= 15 is 0 Å². The lowest BCUT2D eigenvalue weighted by Crippen LogP contribution is -2.29. The van der Waals surface area contributed by atoms with E-state index in [9.17, 15) is 0 Å². The zero-order valence-corrected chi connectivity index (χ0v) is 7.35. The van der Waals surface area contributed by atoms with Gasteiger partial charge in [-0.2, -0.15) is 4.57 Å². The summed E-state index contributed by atoms with van der Waals surface area (Å²) in [7, 11) is 0. The zero-order chi connectivity index (χ0) is 9.10. The molecule has 0 aliphatic rings. The first kappa shape index (κ1) is 7.99. The number of benzene rings is 1. The van der Waals surface area contributed by atoms with Crippen LogP contribution in [0.1, 0.15) is 5.56 Å². The van der Waals surface area contributed by atoms with Crippen LogP contribution in [0.15, 0.2) is 54.9 Å². The fourth-order valence-corrected chi connectivity index (χ4v) is 1.28. The van der Waals surface area contributed by atoms with E-state index in [4.69, 9.17) is 0 Å². The van der Waals surface area contributed by atoms with Crippen LogP contribution in [-0.4, -0.2) is 0 Å². The molecule has 0 saturated heterocycles. The molecule has 1 nitrogen and oxygen atoms in total. The molecule has 0 spiro atoms. The van der Waals surface area contributed by atoms with Crippen molar-refractivity contribution in [1.29, 1.82) is 0 Å². The molecule has 0 aliphatic heterocycles. The smallest absolute Gasteiger partial charge is 0.167 e. The van der Waals surface area contributed by atoms with Crippen LogP contribution in [0.2, 0.25) is 0 Å². The fraction of sp³-hybridized carbons (Fsp3) is 0. The van der Waals surface area contributed by atoms with E-state index in [0.29, 0.717) is 0 Å². The van der Waals surface area contributed by atoms with Crippen molar-refractivity contribution in [2.24, 2.45) is 0 Å². The maximum atomic E-state index is 3.89. The molecule has 2 rings (SSSR count). The predicted octanol–water partition coefficient (Wildman–Crippen LogP) is 2.15. The van der Waals surface area contributed by atoms with Gasteiger partial charge in [0.25, 0.3) is 0 Å². The highest BCUT2D eigenvalue weighted by molar-refractivity contribution is 5.22. The molecule has 0 fully saturated rings. The third kappa shape index (κ3) is 1.75. The van der Waals surface area contributed by atoms with Gasteiger partial charge in [-0.1, -0.05) is 18.2 Å². The van der Waals surface area contributed by atoms with E-state index < -0.39 is 0 Å². The van der Waals surface area contributed by atoms with Gasteiger partial charge < -0.3 is 0 Å². The minimum atomic E-state index is 1.02. The van der Waals surface area contributed by atoms with Crippen molar-refractivity contribution in [3.63, 3.8) is 0 Å². The minimum Gasteiger partial charge on any atom is -0.167 e. The van der Waals surface area contributed by atoms with Crippen molar-refractivity contribution < 1.29 is 4.57 Å². The molecular formula is C12H11N+. The van der Waals surface area contributed by atoms with E-state index in [1.54, 1.807) is 0 Å². The summed E-state index contributed by atoms with van der Waals surface area (Å²) in [6.07, 6.45) is 4.03. The molecule has 0 atom stereocenters. The van der Waals surface area contributed by atoms with Crippen LogP contribution in [0.5, 0.6) is 0 Å². The molecule has 1 heterocycles. The van der Waals surface area contributed by atoms with Gasteiger partial charge in [-0.25, -0.2) is 0 Å². The molecular weight excluding hydrogens is 158 g/mol. The third-order valence-electron chi connectivity index (χ3n) is 1.92. The van der Waals surface area contributed by atoms with Gasteiger partial charge in [0, 0.05) is 23.8 Å². The molecule has 0 unspecified atom stereocenters. The number of para-hydroxylation sites is 1. The second kappa shape index (κ2) is 3.40. The molecule has 0 amide bonds. The number of aromatic nitrogens is 1. The van der Waals surface area contributed by atoms with E-state index in [1.165, 1.54) is 0 Å². The van der Waals surface area contributed by atoms with Gasteiger partial charge in [-0.3, -0.25) is 0 Å². The Balaban J connectivity index is 2.48. The standard InChI is InChI=1S/C12H11N/c1-11-6-5-9-13(10-11)12-7-3-2-4-8-12/h2-10H,1H2/q+1. The molecule has 2 aromatic rings. The summed E-state index contributed by atoms with van der Waals surface area (Å²) in [4.78, 5) is 0. The molecule has 1 aromatic heterocycles. The average Bonchev–Trinajstić information content (AvgIpc) is 2.19. The maximum absolute atomic E-state index is 3.89. The Bertz CT molecular complexity index is 393. The number of hydrogen-bond donors (Lipinski definition) is 0. The van der Waals surface area contributed by atoms with Crippen LogP contribution in [-0.2, 0) is 0 Å². The van der Waals surface area contributed by atoms with Crippen LogP contribution in [0, 0.1) is 6.92 Å². The molecule has 0 bridgehead atoms. The van der Waals surface area contributed by atoms with Crippen molar-refractivity contribution in [2.45, 2.75) is 0 Å². The van der Waals surface area contributed by atoms with E-state index in [-0.39, 0.29) is 0 Å². The monoisotopic (exact) mass is 169 g/mol. The predicted molar refractivity (Wildman–Crippen MR) is 52.4 cm³/mol. The Hall–Kier alpha value is -1.63. The third-order valence-corrected chi connectivity index (χ3v) is 1.92. The highest BCUT2D eigenvalue weighted by Gasteiger charge is 2.02. The number of rotatable bonds is 1. The molecule has 1 aromatic carbocycles. The van der Waals surface area contributed by atoms with Gasteiger partial charge in [-0.05, 0) is 13.0 Å². The van der Waals surface area contributed by atoms with Gasteiger partial charge in [0.15, 0.2) is 12.4 Å². The molecule has 63 valence electrons. The Morgan fingerprint density at radius 1 is 0.923 bits per heavy atom. The van der Waals surface area contributed by atoms with Crippen LogP contribution < -0.4 is 4.57 Å². The molecule has 0 aliphatic carbocycles. The largest absolute Gasteiger partial charge is 0.210 e. The fourth-order valence-electron chi connectivity index (χ4n) is 1.28. The second-order valence-corrected chi connectivity index (χ2v) is 2.96. The van der Waals surface area contributed by atoms with Gasteiger partial charge in [0.2, 0.25) is 5.69 Å². The van der Waals surface area contributed by atoms with Gasteiger partial charge >= 0.3 is 0 Å². The Morgan fingerprint density at radius 3 is 2.38 bits per heavy atom. The van der Waals surface area contributed by atoms with Crippen LogP contribution in [0.25, 0.3) is 5.69 Å². The van der Waals surface area contributed by atoms with Crippen molar-refractivity contribution in [2.75, 3.05) is 0 Å². The molecule has 13 heavy (non-hydrogen) atoms. The highest BCUT2D eigenvalue weighted by atomic mass is 14.9. The van der Waals surface area contributed by atoms with E-state index in [0.717, 1.165) is 11.3 Å². The van der Waals surface area contributed by atoms with Crippen molar-refractivity contribution in [3.05, 3.63) is 67.3 Å². The van der Waals surface area contributed by atoms with Crippen LogP contribution in [0.4, 0.5) is 0 Å². The molecule has 0 N–H and O–H groups in total. The van der Waals surface area contributed by atoms with Crippen LogP contribution in [0.3, 0.4) is 0 Å². The average molecular weight is 169 g/mol. The van der Waals surface area contributed by atoms with Crippen molar-refractivity contribution in [1.82, 2.24) is 0 Å². The maximum Gasteiger partial charge on any atom is 0.210 e. The summed E-state index contributed by atoms with van der Waals surface area (Å²) in [6, 6.07) is 14.2. The zero-order valence-electron chi connectivity index (χ0n) is 7.35. The first-order valence-electron chi connectivity index (χ1n) is 4.25. The summed E-state index contributed by atoms with van der Waals surface area (Å²) in [5, 5.41) is 0. The van der Waals surface area contributed by atoms with Crippen LogP contribution >= 0.6 is 0 Å². The Morgan fingerprint density at radius 2 is 1.69 bits per heavy atom. The quantitative estimate of drug-likeness (QED) is 0.576. The second-order valence-electron chi connectivity index (χ2n) is 2.96. The molecule has 1 radical (unpaired) electrons. The summed E-state index contributed by atoms with van der Waals surface area (Å²) in [5.41, 5.74) is 2.18. The number of pyridine rings is 1. The highest BCUT2D eigenvalue weighted by Crippen LogP contribution is 1.98. The SMILES string of the molecule is [CH2]c1ccc[n+](-c2ccccc2)c1. The Labute approximate surface area is 78.3 Å². The summed E-state index contributed by atoms with van der Waals surface area (Å²) < 4.78 is 2.06. The lowest BCUT2D eigenvalue weighted by Gasteiger charge is -1.94.